The summed E-state index contributed by atoms with van der Waals surface area (Å²) >= 11 is 0. The molecule has 0 fully saturated rings. The third-order valence-electron chi connectivity index (χ3n) is 4.35. The largest absolute Gasteiger partial charge is 0.497 e. The molecule has 0 atom stereocenters. The molecule has 0 saturated heterocycles. The van der Waals surface area contributed by atoms with Gasteiger partial charge in [0.15, 0.2) is 0 Å². The van der Waals surface area contributed by atoms with Crippen LogP contribution < -0.4 is 20.1 Å². The Labute approximate surface area is 160 Å². The Morgan fingerprint density at radius 3 is 2.56 bits per heavy atom. The lowest BCUT2D eigenvalue weighted by Crippen LogP contribution is -2.11. The Kier molecular flexibility index (Phi) is 6.84. The minimum Gasteiger partial charge on any atom is -0.497 e. The molecule has 1 aromatic heterocycles. The first kappa shape index (κ1) is 18.9. The number of nitrogens with zero attached hydrogens (tertiary/aromatic N) is 3. The van der Waals surface area contributed by atoms with Gasteiger partial charge in [-0.1, -0.05) is 11.6 Å². The molecule has 0 amide bonds. The highest BCUT2D eigenvalue weighted by Crippen LogP contribution is 2.21. The molecule has 0 spiro atoms. The van der Waals surface area contributed by atoms with E-state index in [2.05, 4.69) is 31.7 Å². The maximum atomic E-state index is 5.48. The highest BCUT2D eigenvalue weighted by Gasteiger charge is 2.09. The van der Waals surface area contributed by atoms with Gasteiger partial charge in [0.1, 0.15) is 5.75 Å². The second kappa shape index (κ2) is 9.75. The van der Waals surface area contributed by atoms with Crippen molar-refractivity contribution in [3.63, 3.8) is 0 Å². The predicted molar refractivity (Wildman–Crippen MR) is 107 cm³/mol. The van der Waals surface area contributed by atoms with Crippen molar-refractivity contribution in [2.45, 2.75) is 39.0 Å². The molecule has 1 aromatic carbocycles. The normalized spacial score (nSPS) is 13.6. The molecule has 0 aliphatic heterocycles. The maximum absolute atomic E-state index is 5.48. The maximum Gasteiger partial charge on any atom is 0.323 e. The molecule has 1 heterocycles. The minimum absolute atomic E-state index is 0.308. The van der Waals surface area contributed by atoms with Crippen LogP contribution in [0, 0.1) is 0 Å². The van der Waals surface area contributed by atoms with E-state index in [9.17, 15) is 0 Å². The molecule has 0 radical (unpaired) electrons. The van der Waals surface area contributed by atoms with Crippen molar-refractivity contribution in [2.24, 2.45) is 0 Å². The van der Waals surface area contributed by atoms with Crippen LogP contribution in [0.3, 0.4) is 0 Å². The minimum atomic E-state index is 0.308. The van der Waals surface area contributed by atoms with E-state index in [1.807, 2.05) is 31.2 Å². The van der Waals surface area contributed by atoms with Crippen LogP contribution in [0.25, 0.3) is 0 Å². The third-order valence-corrected chi connectivity index (χ3v) is 4.35. The van der Waals surface area contributed by atoms with E-state index >= 15 is 0 Å². The Hall–Kier alpha value is -2.83. The summed E-state index contributed by atoms with van der Waals surface area (Å²) in [5.74, 6) is 1.75. The van der Waals surface area contributed by atoms with E-state index in [4.69, 9.17) is 9.47 Å². The average Bonchev–Trinajstić information content (AvgIpc) is 2.70. The first-order valence-corrected chi connectivity index (χ1v) is 9.48. The van der Waals surface area contributed by atoms with Gasteiger partial charge in [-0.2, -0.15) is 15.0 Å². The fraction of sp³-hybridized carbons (Fsp3) is 0.450. The van der Waals surface area contributed by atoms with Crippen LogP contribution in [0.5, 0.6) is 11.8 Å². The van der Waals surface area contributed by atoms with Gasteiger partial charge in [-0.25, -0.2) is 0 Å². The van der Waals surface area contributed by atoms with E-state index in [0.717, 1.165) is 24.4 Å². The molecule has 0 unspecified atom stereocenters. The molecule has 0 saturated carbocycles. The summed E-state index contributed by atoms with van der Waals surface area (Å²) in [6.45, 7) is 3.20. The van der Waals surface area contributed by atoms with E-state index in [1.165, 1.54) is 31.3 Å². The Morgan fingerprint density at radius 2 is 1.85 bits per heavy atom. The zero-order chi connectivity index (χ0) is 18.9. The van der Waals surface area contributed by atoms with Gasteiger partial charge in [0, 0.05) is 12.2 Å². The van der Waals surface area contributed by atoms with Crippen LogP contribution in [0.2, 0.25) is 0 Å². The molecule has 7 heteroatoms. The summed E-state index contributed by atoms with van der Waals surface area (Å²) < 4.78 is 10.7. The molecule has 1 aliphatic carbocycles. The number of hydrogen-bond acceptors (Lipinski definition) is 7. The lowest BCUT2D eigenvalue weighted by molar-refractivity contribution is 0.312. The molecule has 7 nitrogen and oxygen atoms in total. The summed E-state index contributed by atoms with van der Waals surface area (Å²) in [7, 11) is 1.64. The number of benzene rings is 1. The Balaban J connectivity index is 1.66. The Bertz CT molecular complexity index is 761. The van der Waals surface area contributed by atoms with Crippen LogP contribution in [-0.2, 0) is 0 Å². The van der Waals surface area contributed by atoms with E-state index in [1.54, 1.807) is 7.11 Å². The molecule has 0 bridgehead atoms. The second-order valence-corrected chi connectivity index (χ2v) is 6.34. The number of allylic oxidation sites excluding steroid dienone is 1. The van der Waals surface area contributed by atoms with Crippen molar-refractivity contribution in [3.05, 3.63) is 35.9 Å². The van der Waals surface area contributed by atoms with Crippen LogP contribution in [0.15, 0.2) is 35.9 Å². The number of methoxy groups -OCH3 is 1. The summed E-state index contributed by atoms with van der Waals surface area (Å²) in [4.78, 5) is 13.1. The molecule has 1 aliphatic rings. The highest BCUT2D eigenvalue weighted by atomic mass is 16.5. The number of aromatic nitrogens is 3. The van der Waals surface area contributed by atoms with Crippen LogP contribution >= 0.6 is 0 Å². The molecule has 3 rings (SSSR count). The van der Waals surface area contributed by atoms with Gasteiger partial charge in [0.25, 0.3) is 0 Å². The van der Waals surface area contributed by atoms with Gasteiger partial charge in [0.2, 0.25) is 11.9 Å². The first-order chi connectivity index (χ1) is 13.3. The van der Waals surface area contributed by atoms with Crippen molar-refractivity contribution in [2.75, 3.05) is 30.9 Å². The van der Waals surface area contributed by atoms with Gasteiger partial charge < -0.3 is 20.1 Å². The summed E-state index contributed by atoms with van der Waals surface area (Å²) in [6.07, 6.45) is 8.38. The fourth-order valence-electron chi connectivity index (χ4n) is 2.96. The second-order valence-electron chi connectivity index (χ2n) is 6.34. The van der Waals surface area contributed by atoms with Crippen molar-refractivity contribution in [1.29, 1.82) is 0 Å². The highest BCUT2D eigenvalue weighted by molar-refractivity contribution is 5.55. The SMILES string of the molecule is CCOc1nc(NCCC2=CCCCC2)nc(Nc2ccc(OC)cc2)n1. The standard InChI is InChI=1S/C20H27N5O2/c1-3-27-20-24-18(21-14-13-15-7-5-4-6-8-15)23-19(25-20)22-16-9-11-17(26-2)12-10-16/h7,9-12H,3-6,8,13-14H2,1-2H3,(H2,21,22,23,24,25). The first-order valence-electron chi connectivity index (χ1n) is 9.48. The molecule has 144 valence electrons. The smallest absolute Gasteiger partial charge is 0.323 e. The van der Waals surface area contributed by atoms with Crippen LogP contribution in [0.1, 0.15) is 39.0 Å². The van der Waals surface area contributed by atoms with Gasteiger partial charge in [-0.15, -0.1) is 0 Å². The number of nitrogens with one attached hydrogen (secondary N) is 2. The zero-order valence-corrected chi connectivity index (χ0v) is 16.0. The third kappa shape index (κ3) is 5.84. The van der Waals surface area contributed by atoms with Gasteiger partial charge in [-0.05, 0) is 63.3 Å². The van der Waals surface area contributed by atoms with Crippen molar-refractivity contribution in [1.82, 2.24) is 15.0 Å². The average molecular weight is 369 g/mol. The lowest BCUT2D eigenvalue weighted by Gasteiger charge is -2.13. The summed E-state index contributed by atoms with van der Waals surface area (Å²) in [5, 5.41) is 6.48. The van der Waals surface area contributed by atoms with Crippen molar-refractivity contribution in [3.8, 4) is 11.8 Å². The monoisotopic (exact) mass is 369 g/mol. The van der Waals surface area contributed by atoms with Gasteiger partial charge in [-0.3, -0.25) is 0 Å². The van der Waals surface area contributed by atoms with Gasteiger partial charge in [0.05, 0.1) is 13.7 Å². The molecular weight excluding hydrogens is 342 g/mol. The number of anilines is 3. The number of ether oxygens (including phenoxy) is 2. The molecular formula is C20H27N5O2. The molecule has 2 aromatic rings. The van der Waals surface area contributed by atoms with Crippen molar-refractivity contribution < 1.29 is 9.47 Å². The number of rotatable bonds is 9. The van der Waals surface area contributed by atoms with E-state index in [0.29, 0.717) is 24.5 Å². The zero-order valence-electron chi connectivity index (χ0n) is 16.0. The summed E-state index contributed by atoms with van der Waals surface area (Å²) in [5.41, 5.74) is 2.38. The van der Waals surface area contributed by atoms with Gasteiger partial charge >= 0.3 is 6.01 Å². The van der Waals surface area contributed by atoms with E-state index in [-0.39, 0.29) is 0 Å². The quantitative estimate of drug-likeness (QED) is 0.637. The van der Waals surface area contributed by atoms with E-state index < -0.39 is 0 Å². The van der Waals surface area contributed by atoms with Crippen molar-refractivity contribution >= 4 is 17.6 Å². The predicted octanol–water partition coefficient (Wildman–Crippen LogP) is 4.32. The summed E-state index contributed by atoms with van der Waals surface area (Å²) in [6, 6.07) is 7.88. The molecule has 2 N–H and O–H groups in total. The topological polar surface area (TPSA) is 81.2 Å². The lowest BCUT2D eigenvalue weighted by atomic mass is 9.97. The van der Waals surface area contributed by atoms with Crippen LogP contribution in [0.4, 0.5) is 17.6 Å². The number of hydrogen-bond donors (Lipinski definition) is 2. The molecule has 27 heavy (non-hydrogen) atoms. The fourth-order valence-corrected chi connectivity index (χ4v) is 2.96. The van der Waals surface area contributed by atoms with Crippen LogP contribution in [-0.4, -0.2) is 35.2 Å². The Morgan fingerprint density at radius 1 is 1.04 bits per heavy atom.